The van der Waals surface area contributed by atoms with Gasteiger partial charge >= 0.3 is 0 Å². The summed E-state index contributed by atoms with van der Waals surface area (Å²) < 4.78 is 11.3. The van der Waals surface area contributed by atoms with Crippen molar-refractivity contribution in [2.75, 3.05) is 13.2 Å². The molecule has 2 N–H and O–H groups in total. The minimum Gasteiger partial charge on any atom is -0.486 e. The number of rotatable bonds is 1. The van der Waals surface area contributed by atoms with E-state index in [1.165, 1.54) is 24.0 Å². The monoisotopic (exact) mass is 247 g/mol. The third-order valence-electron chi connectivity index (χ3n) is 4.14. The third kappa shape index (κ3) is 2.19. The number of benzene rings is 1. The normalized spacial score (nSPS) is 27.0. The van der Waals surface area contributed by atoms with Gasteiger partial charge in [0.25, 0.3) is 0 Å². The summed E-state index contributed by atoms with van der Waals surface area (Å²) in [6.45, 7) is 3.48. The van der Waals surface area contributed by atoms with Crippen molar-refractivity contribution in [1.29, 1.82) is 0 Å². The predicted octanol–water partition coefficient (Wildman–Crippen LogP) is 2.75. The third-order valence-corrected chi connectivity index (χ3v) is 4.14. The molecule has 0 unspecified atom stereocenters. The maximum absolute atomic E-state index is 5.98. The average Bonchev–Trinajstić information content (AvgIpc) is 2.39. The van der Waals surface area contributed by atoms with Crippen LogP contribution < -0.4 is 15.2 Å². The van der Waals surface area contributed by atoms with Gasteiger partial charge in [0.2, 0.25) is 0 Å². The molecule has 1 aromatic rings. The van der Waals surface area contributed by atoms with E-state index in [1.54, 1.807) is 0 Å². The molecule has 0 aromatic heterocycles. The summed E-state index contributed by atoms with van der Waals surface area (Å²) in [6, 6.07) is 4.71. The van der Waals surface area contributed by atoms with Gasteiger partial charge in [-0.1, -0.05) is 0 Å². The first kappa shape index (κ1) is 11.8. The van der Waals surface area contributed by atoms with Crippen LogP contribution in [0, 0.1) is 6.92 Å². The van der Waals surface area contributed by atoms with Crippen LogP contribution in [-0.4, -0.2) is 19.3 Å². The van der Waals surface area contributed by atoms with E-state index < -0.39 is 0 Å². The Morgan fingerprint density at radius 2 is 1.61 bits per heavy atom. The van der Waals surface area contributed by atoms with Crippen LogP contribution >= 0.6 is 0 Å². The highest BCUT2D eigenvalue weighted by Gasteiger charge is 2.23. The van der Waals surface area contributed by atoms with Crippen LogP contribution in [0.3, 0.4) is 0 Å². The Morgan fingerprint density at radius 3 is 2.28 bits per heavy atom. The first-order valence-electron chi connectivity index (χ1n) is 6.90. The first-order chi connectivity index (χ1) is 8.74. The Kier molecular flexibility index (Phi) is 3.16. The zero-order valence-electron chi connectivity index (χ0n) is 10.9. The molecule has 1 aliphatic carbocycles. The van der Waals surface area contributed by atoms with Crippen LogP contribution in [0.1, 0.15) is 42.7 Å². The summed E-state index contributed by atoms with van der Waals surface area (Å²) in [5, 5.41) is 0. The molecule has 3 nitrogen and oxygen atoms in total. The van der Waals surface area contributed by atoms with Gasteiger partial charge in [-0.2, -0.15) is 0 Å². The second-order valence-corrected chi connectivity index (χ2v) is 5.46. The number of aryl methyl sites for hydroxylation is 1. The molecule has 3 rings (SSSR count). The van der Waals surface area contributed by atoms with Gasteiger partial charge in [-0.15, -0.1) is 0 Å². The van der Waals surface area contributed by atoms with E-state index in [0.717, 1.165) is 24.3 Å². The molecule has 18 heavy (non-hydrogen) atoms. The van der Waals surface area contributed by atoms with Crippen LogP contribution in [-0.2, 0) is 0 Å². The summed E-state index contributed by atoms with van der Waals surface area (Å²) in [5.74, 6) is 2.45. The van der Waals surface area contributed by atoms with Gasteiger partial charge < -0.3 is 15.2 Å². The van der Waals surface area contributed by atoms with E-state index in [4.69, 9.17) is 15.2 Å². The summed E-state index contributed by atoms with van der Waals surface area (Å²) in [5.41, 5.74) is 8.72. The smallest absolute Gasteiger partial charge is 0.161 e. The molecule has 1 aromatic carbocycles. The van der Waals surface area contributed by atoms with Crippen molar-refractivity contribution < 1.29 is 9.47 Å². The highest BCUT2D eigenvalue weighted by molar-refractivity contribution is 5.49. The summed E-state index contributed by atoms with van der Waals surface area (Å²) in [6.07, 6.45) is 4.67. The van der Waals surface area contributed by atoms with Gasteiger partial charge in [-0.3, -0.25) is 0 Å². The van der Waals surface area contributed by atoms with Crippen LogP contribution in [0.15, 0.2) is 12.1 Å². The van der Waals surface area contributed by atoms with Crippen LogP contribution in [0.25, 0.3) is 0 Å². The van der Waals surface area contributed by atoms with E-state index in [0.29, 0.717) is 25.2 Å². The van der Waals surface area contributed by atoms with Gasteiger partial charge in [0.15, 0.2) is 11.5 Å². The molecule has 1 fully saturated rings. The van der Waals surface area contributed by atoms with Crippen molar-refractivity contribution in [1.82, 2.24) is 0 Å². The molecule has 0 amide bonds. The maximum Gasteiger partial charge on any atom is 0.161 e. The predicted molar refractivity (Wildman–Crippen MR) is 71.4 cm³/mol. The van der Waals surface area contributed by atoms with E-state index in [-0.39, 0.29) is 0 Å². The number of hydrogen-bond donors (Lipinski definition) is 1. The number of fused-ring (bicyclic) bond motifs is 1. The Balaban J connectivity index is 1.87. The molecule has 0 atom stereocenters. The average molecular weight is 247 g/mol. The molecule has 98 valence electrons. The zero-order chi connectivity index (χ0) is 12.5. The number of hydrogen-bond acceptors (Lipinski definition) is 3. The highest BCUT2D eigenvalue weighted by atomic mass is 16.6. The van der Waals surface area contributed by atoms with E-state index in [2.05, 4.69) is 19.1 Å². The second kappa shape index (κ2) is 4.81. The van der Waals surface area contributed by atoms with Crippen molar-refractivity contribution in [2.24, 2.45) is 5.73 Å². The Hall–Kier alpha value is -1.22. The Bertz CT molecular complexity index is 436. The lowest BCUT2D eigenvalue weighted by Gasteiger charge is -2.29. The summed E-state index contributed by atoms with van der Waals surface area (Å²) in [7, 11) is 0. The topological polar surface area (TPSA) is 44.5 Å². The lowest BCUT2D eigenvalue weighted by Crippen LogP contribution is -2.26. The maximum atomic E-state index is 5.98. The van der Waals surface area contributed by atoms with Crippen LogP contribution in [0.2, 0.25) is 0 Å². The number of nitrogens with two attached hydrogens (primary N) is 1. The zero-order valence-corrected chi connectivity index (χ0v) is 10.9. The molecule has 0 radical (unpaired) electrons. The van der Waals surface area contributed by atoms with Crippen LogP contribution in [0.5, 0.6) is 11.5 Å². The van der Waals surface area contributed by atoms with Gasteiger partial charge in [-0.05, 0) is 61.8 Å². The van der Waals surface area contributed by atoms with E-state index in [9.17, 15) is 0 Å². The van der Waals surface area contributed by atoms with Crippen molar-refractivity contribution in [2.45, 2.75) is 44.6 Å². The van der Waals surface area contributed by atoms with E-state index >= 15 is 0 Å². The second-order valence-electron chi connectivity index (χ2n) is 5.46. The molecule has 1 saturated carbocycles. The summed E-state index contributed by atoms with van der Waals surface area (Å²) in [4.78, 5) is 0. The van der Waals surface area contributed by atoms with Crippen molar-refractivity contribution in [3.05, 3.63) is 23.3 Å². The van der Waals surface area contributed by atoms with Gasteiger partial charge in [-0.25, -0.2) is 0 Å². The van der Waals surface area contributed by atoms with Crippen molar-refractivity contribution in [3.63, 3.8) is 0 Å². The standard InChI is InChI=1S/C15H21NO2/c1-10-8-14-15(18-7-6-17-14)9-13(10)11-2-4-12(16)5-3-11/h8-9,11-12H,2-7,16H2,1H3. The first-order valence-corrected chi connectivity index (χ1v) is 6.90. The fourth-order valence-corrected chi connectivity index (χ4v) is 3.08. The highest BCUT2D eigenvalue weighted by Crippen LogP contribution is 2.40. The Labute approximate surface area is 108 Å². The van der Waals surface area contributed by atoms with Crippen molar-refractivity contribution in [3.8, 4) is 11.5 Å². The van der Waals surface area contributed by atoms with Gasteiger partial charge in [0.05, 0.1) is 0 Å². The minimum atomic E-state index is 0.402. The quantitative estimate of drug-likeness (QED) is 0.830. The lowest BCUT2D eigenvalue weighted by atomic mass is 9.80. The molecule has 1 aliphatic heterocycles. The number of ether oxygens (including phenoxy) is 2. The molecular formula is C15H21NO2. The lowest BCUT2D eigenvalue weighted by molar-refractivity contribution is 0.171. The van der Waals surface area contributed by atoms with Crippen molar-refractivity contribution >= 4 is 0 Å². The minimum absolute atomic E-state index is 0.402. The molecule has 3 heteroatoms. The van der Waals surface area contributed by atoms with Gasteiger partial charge in [0.1, 0.15) is 13.2 Å². The molecule has 1 heterocycles. The molecule has 0 bridgehead atoms. The largest absolute Gasteiger partial charge is 0.486 e. The molecular weight excluding hydrogens is 226 g/mol. The van der Waals surface area contributed by atoms with Crippen LogP contribution in [0.4, 0.5) is 0 Å². The summed E-state index contributed by atoms with van der Waals surface area (Å²) >= 11 is 0. The molecule has 0 spiro atoms. The molecule has 0 saturated heterocycles. The molecule has 2 aliphatic rings. The fraction of sp³-hybridized carbons (Fsp3) is 0.600. The Morgan fingerprint density at radius 1 is 1.00 bits per heavy atom. The van der Waals surface area contributed by atoms with Gasteiger partial charge in [0, 0.05) is 6.04 Å². The van der Waals surface area contributed by atoms with E-state index in [1.807, 2.05) is 0 Å². The SMILES string of the molecule is Cc1cc2c(cc1C1CCC(N)CC1)OCCO2. The fourth-order valence-electron chi connectivity index (χ4n) is 3.08.